The third-order valence-corrected chi connectivity index (χ3v) is 3.27. The van der Waals surface area contributed by atoms with Gasteiger partial charge in [0.1, 0.15) is 17.1 Å². The zero-order valence-corrected chi connectivity index (χ0v) is 13.5. The number of nitrogens with one attached hydrogen (secondary N) is 1. The second-order valence-corrected chi connectivity index (χ2v) is 5.38. The number of phenols is 1. The number of esters is 1. The van der Waals surface area contributed by atoms with Crippen molar-refractivity contribution in [3.05, 3.63) is 53.6 Å². The van der Waals surface area contributed by atoms with Gasteiger partial charge in [0.05, 0.1) is 6.42 Å². The van der Waals surface area contributed by atoms with Gasteiger partial charge in [0.25, 0.3) is 0 Å². The topological polar surface area (TPSA) is 113 Å². The van der Waals surface area contributed by atoms with Crippen molar-refractivity contribution in [2.24, 2.45) is 0 Å². The molecule has 0 atom stereocenters. The number of ether oxygens (including phenoxy) is 1. The first-order valence-electron chi connectivity index (χ1n) is 7.48. The number of carboxylic acids is 1. The van der Waals surface area contributed by atoms with Gasteiger partial charge in [0.15, 0.2) is 0 Å². The number of carbonyl (C=O) groups is 3. The number of benzene rings is 2. The minimum absolute atomic E-state index is 0.0509. The highest BCUT2D eigenvalue weighted by atomic mass is 16.5. The number of aryl methyl sites for hydroxylation is 1. The smallest absolute Gasteiger partial charge is 0.347 e. The van der Waals surface area contributed by atoms with E-state index in [1.165, 1.54) is 18.2 Å². The maximum atomic E-state index is 12.1. The fourth-order valence-corrected chi connectivity index (χ4v) is 2.07. The summed E-state index contributed by atoms with van der Waals surface area (Å²) >= 11 is 0. The van der Waals surface area contributed by atoms with Gasteiger partial charge in [-0.2, -0.15) is 0 Å². The van der Waals surface area contributed by atoms with Crippen LogP contribution in [-0.4, -0.2) is 28.1 Å². The van der Waals surface area contributed by atoms with E-state index in [1.54, 1.807) is 18.2 Å². The van der Waals surface area contributed by atoms with Crippen LogP contribution in [0.2, 0.25) is 0 Å². The summed E-state index contributed by atoms with van der Waals surface area (Å²) in [5.41, 5.74) is 1.12. The molecule has 3 N–H and O–H groups in total. The van der Waals surface area contributed by atoms with Crippen LogP contribution < -0.4 is 10.1 Å². The molecule has 130 valence electrons. The van der Waals surface area contributed by atoms with Crippen LogP contribution in [0.5, 0.6) is 11.5 Å². The SMILES string of the molecule is Cc1cccc(OC(=O)c2ccc(NC(=O)CCC(=O)O)cc2O)c1. The highest BCUT2D eigenvalue weighted by Gasteiger charge is 2.15. The van der Waals surface area contributed by atoms with Crippen LogP contribution in [0, 0.1) is 6.92 Å². The van der Waals surface area contributed by atoms with Crippen LogP contribution in [-0.2, 0) is 9.59 Å². The summed E-state index contributed by atoms with van der Waals surface area (Å²) in [7, 11) is 0. The Morgan fingerprint density at radius 1 is 1.08 bits per heavy atom. The Kier molecular flexibility index (Phi) is 5.73. The second-order valence-electron chi connectivity index (χ2n) is 5.38. The Balaban J connectivity index is 2.04. The van der Waals surface area contributed by atoms with E-state index in [0.717, 1.165) is 5.56 Å². The van der Waals surface area contributed by atoms with Crippen molar-refractivity contribution in [1.82, 2.24) is 0 Å². The van der Waals surface area contributed by atoms with E-state index in [1.807, 2.05) is 13.0 Å². The molecule has 0 radical (unpaired) electrons. The van der Waals surface area contributed by atoms with Crippen molar-refractivity contribution in [2.45, 2.75) is 19.8 Å². The van der Waals surface area contributed by atoms with E-state index >= 15 is 0 Å². The summed E-state index contributed by atoms with van der Waals surface area (Å²) < 4.78 is 5.20. The quantitative estimate of drug-likeness (QED) is 0.549. The van der Waals surface area contributed by atoms with E-state index in [2.05, 4.69) is 5.32 Å². The first kappa shape index (κ1) is 18.0. The lowest BCUT2D eigenvalue weighted by Gasteiger charge is -2.09. The predicted octanol–water partition coefficient (Wildman–Crippen LogP) is 2.72. The number of hydrogen-bond acceptors (Lipinski definition) is 5. The lowest BCUT2D eigenvalue weighted by atomic mass is 10.1. The van der Waals surface area contributed by atoms with Gasteiger partial charge in [-0.1, -0.05) is 12.1 Å². The van der Waals surface area contributed by atoms with Gasteiger partial charge in [-0.3, -0.25) is 9.59 Å². The molecule has 0 heterocycles. The highest BCUT2D eigenvalue weighted by Crippen LogP contribution is 2.24. The average Bonchev–Trinajstić information content (AvgIpc) is 2.53. The number of hydrogen-bond donors (Lipinski definition) is 3. The van der Waals surface area contributed by atoms with Gasteiger partial charge in [-0.15, -0.1) is 0 Å². The second kappa shape index (κ2) is 7.96. The molecule has 0 aliphatic heterocycles. The molecular formula is C18H17NO6. The van der Waals surface area contributed by atoms with E-state index in [4.69, 9.17) is 9.84 Å². The first-order chi connectivity index (χ1) is 11.8. The number of aromatic hydroxyl groups is 1. The summed E-state index contributed by atoms with van der Waals surface area (Å²) in [5.74, 6) is -2.31. The van der Waals surface area contributed by atoms with Crippen molar-refractivity contribution in [3.63, 3.8) is 0 Å². The molecular weight excluding hydrogens is 326 g/mol. The molecule has 2 aromatic rings. The summed E-state index contributed by atoms with van der Waals surface area (Å²) in [5, 5.41) is 21.0. The summed E-state index contributed by atoms with van der Waals surface area (Å²) in [6.45, 7) is 1.86. The van der Waals surface area contributed by atoms with E-state index in [0.29, 0.717) is 5.75 Å². The number of carboxylic acid groups (broad SMARTS) is 1. The Morgan fingerprint density at radius 2 is 1.84 bits per heavy atom. The first-order valence-corrected chi connectivity index (χ1v) is 7.48. The van der Waals surface area contributed by atoms with Crippen LogP contribution in [0.1, 0.15) is 28.8 Å². The molecule has 2 rings (SSSR count). The predicted molar refractivity (Wildman–Crippen MR) is 89.7 cm³/mol. The van der Waals surface area contributed by atoms with Crippen molar-refractivity contribution < 1.29 is 29.3 Å². The molecule has 2 aromatic carbocycles. The lowest BCUT2D eigenvalue weighted by Crippen LogP contribution is -2.14. The van der Waals surface area contributed by atoms with E-state index in [9.17, 15) is 19.5 Å². The van der Waals surface area contributed by atoms with Crippen LogP contribution in [0.3, 0.4) is 0 Å². The zero-order chi connectivity index (χ0) is 18.4. The molecule has 7 heteroatoms. The monoisotopic (exact) mass is 343 g/mol. The fraction of sp³-hybridized carbons (Fsp3) is 0.167. The Bertz CT molecular complexity index is 815. The number of aliphatic carboxylic acids is 1. The van der Waals surface area contributed by atoms with Crippen LogP contribution in [0.15, 0.2) is 42.5 Å². The molecule has 1 amide bonds. The van der Waals surface area contributed by atoms with Gasteiger partial charge in [0, 0.05) is 18.2 Å². The van der Waals surface area contributed by atoms with Crippen molar-refractivity contribution >= 4 is 23.5 Å². The van der Waals surface area contributed by atoms with Gasteiger partial charge in [-0.25, -0.2) is 4.79 Å². The molecule has 0 fully saturated rings. The number of anilines is 1. The zero-order valence-electron chi connectivity index (χ0n) is 13.5. The Morgan fingerprint density at radius 3 is 2.48 bits per heavy atom. The standard InChI is InChI=1S/C18H17NO6/c1-11-3-2-4-13(9-11)25-18(24)14-6-5-12(10-15(14)20)19-16(21)7-8-17(22)23/h2-6,9-10,20H,7-8H2,1H3,(H,19,21)(H,22,23). The van der Waals surface area contributed by atoms with Crippen molar-refractivity contribution in [2.75, 3.05) is 5.32 Å². The van der Waals surface area contributed by atoms with Gasteiger partial charge in [0.2, 0.25) is 5.91 Å². The van der Waals surface area contributed by atoms with Gasteiger partial charge in [-0.05, 0) is 36.8 Å². The van der Waals surface area contributed by atoms with Crippen LogP contribution >= 0.6 is 0 Å². The van der Waals surface area contributed by atoms with Crippen LogP contribution in [0.25, 0.3) is 0 Å². The highest BCUT2D eigenvalue weighted by molar-refractivity contribution is 5.96. The molecule has 0 unspecified atom stereocenters. The summed E-state index contributed by atoms with van der Waals surface area (Å²) in [6.07, 6.45) is -0.480. The summed E-state index contributed by atoms with van der Waals surface area (Å²) in [4.78, 5) is 34.1. The molecule has 0 aromatic heterocycles. The molecule has 0 saturated heterocycles. The largest absolute Gasteiger partial charge is 0.507 e. The maximum absolute atomic E-state index is 12.1. The molecule has 0 aliphatic rings. The molecule has 0 aliphatic carbocycles. The summed E-state index contributed by atoms with van der Waals surface area (Å²) in [6, 6.07) is 10.9. The van der Waals surface area contributed by atoms with Gasteiger partial charge < -0.3 is 20.3 Å². The Labute approximate surface area is 143 Å². The normalized spacial score (nSPS) is 10.1. The number of phenolic OH excluding ortho intramolecular Hbond substituents is 1. The van der Waals surface area contributed by atoms with Crippen LogP contribution in [0.4, 0.5) is 5.69 Å². The minimum atomic E-state index is -1.08. The third-order valence-electron chi connectivity index (χ3n) is 3.27. The van der Waals surface area contributed by atoms with Crippen molar-refractivity contribution in [1.29, 1.82) is 0 Å². The third kappa shape index (κ3) is 5.35. The van der Waals surface area contributed by atoms with E-state index < -0.39 is 17.8 Å². The van der Waals surface area contributed by atoms with E-state index in [-0.39, 0.29) is 29.8 Å². The maximum Gasteiger partial charge on any atom is 0.347 e. The lowest BCUT2D eigenvalue weighted by molar-refractivity contribution is -0.138. The fourth-order valence-electron chi connectivity index (χ4n) is 2.07. The number of amides is 1. The number of carbonyl (C=O) groups excluding carboxylic acids is 2. The molecule has 0 saturated carbocycles. The minimum Gasteiger partial charge on any atom is -0.507 e. The molecule has 25 heavy (non-hydrogen) atoms. The molecule has 0 spiro atoms. The molecule has 0 bridgehead atoms. The van der Waals surface area contributed by atoms with Crippen molar-refractivity contribution in [3.8, 4) is 11.5 Å². The Hall–Kier alpha value is -3.35. The number of rotatable bonds is 6. The molecule has 7 nitrogen and oxygen atoms in total. The van der Waals surface area contributed by atoms with Gasteiger partial charge >= 0.3 is 11.9 Å². The average molecular weight is 343 g/mol.